The Bertz CT molecular complexity index is 684. The molecule has 6 heteroatoms. The molecule has 4 rings (SSSR count). The number of hydrogen-bond donors (Lipinski definition) is 1. The predicted molar refractivity (Wildman–Crippen MR) is 97.5 cm³/mol. The zero-order chi connectivity index (χ0) is 17.2. The highest BCUT2D eigenvalue weighted by Crippen LogP contribution is 2.25. The summed E-state index contributed by atoms with van der Waals surface area (Å²) < 4.78 is 1.89. The third-order valence-electron chi connectivity index (χ3n) is 5.33. The van der Waals surface area contributed by atoms with E-state index >= 15 is 0 Å². The van der Waals surface area contributed by atoms with E-state index in [-0.39, 0.29) is 0 Å². The van der Waals surface area contributed by atoms with Gasteiger partial charge in [-0.05, 0) is 43.9 Å². The Hall–Kier alpha value is -1.92. The highest BCUT2D eigenvalue weighted by molar-refractivity contribution is 5.47. The van der Waals surface area contributed by atoms with Crippen LogP contribution in [0.25, 0.3) is 0 Å². The quantitative estimate of drug-likeness (QED) is 0.905. The van der Waals surface area contributed by atoms with Gasteiger partial charge >= 0.3 is 0 Å². The van der Waals surface area contributed by atoms with Gasteiger partial charge in [-0.25, -0.2) is 4.68 Å². The number of aromatic nitrogens is 3. The monoisotopic (exact) mass is 341 g/mol. The maximum Gasteiger partial charge on any atom is 0.111 e. The Morgan fingerprint density at radius 2 is 1.84 bits per heavy atom. The van der Waals surface area contributed by atoms with Crippen molar-refractivity contribution in [1.29, 1.82) is 0 Å². The van der Waals surface area contributed by atoms with Gasteiger partial charge in [0.2, 0.25) is 0 Å². The summed E-state index contributed by atoms with van der Waals surface area (Å²) in [5, 5.41) is 17.7. The number of rotatable bonds is 5. The molecule has 0 saturated carbocycles. The van der Waals surface area contributed by atoms with Gasteiger partial charge in [-0.2, -0.15) is 0 Å². The van der Waals surface area contributed by atoms with E-state index in [1.165, 1.54) is 43.6 Å². The van der Waals surface area contributed by atoms with Crippen LogP contribution >= 0.6 is 0 Å². The first-order chi connectivity index (χ1) is 12.2. The SMILES string of the molecule is CC(O)c1cn(C2CN(Cc3ccc(N4CCCCC4)cc3)C2)nn1. The summed E-state index contributed by atoms with van der Waals surface area (Å²) in [6.45, 7) is 7.05. The molecule has 25 heavy (non-hydrogen) atoms. The predicted octanol–water partition coefficient (Wildman–Crippen LogP) is 2.38. The lowest BCUT2D eigenvalue weighted by Crippen LogP contribution is -2.47. The van der Waals surface area contributed by atoms with Crippen molar-refractivity contribution in [3.05, 3.63) is 41.7 Å². The summed E-state index contributed by atoms with van der Waals surface area (Å²) in [5.74, 6) is 0. The van der Waals surface area contributed by atoms with Crippen molar-refractivity contribution in [3.63, 3.8) is 0 Å². The Morgan fingerprint density at radius 3 is 2.48 bits per heavy atom. The maximum atomic E-state index is 9.54. The molecule has 6 nitrogen and oxygen atoms in total. The van der Waals surface area contributed by atoms with Gasteiger partial charge in [0, 0.05) is 38.4 Å². The molecule has 0 bridgehead atoms. The smallest absolute Gasteiger partial charge is 0.111 e. The average Bonchev–Trinajstić information content (AvgIpc) is 3.09. The molecular formula is C19H27N5O. The van der Waals surface area contributed by atoms with E-state index in [4.69, 9.17) is 0 Å². The van der Waals surface area contributed by atoms with Crippen molar-refractivity contribution in [3.8, 4) is 0 Å². The first-order valence-corrected chi connectivity index (χ1v) is 9.35. The molecule has 3 heterocycles. The zero-order valence-electron chi connectivity index (χ0n) is 14.9. The summed E-state index contributed by atoms with van der Waals surface area (Å²) >= 11 is 0. The molecule has 0 radical (unpaired) electrons. The number of likely N-dealkylation sites (tertiary alicyclic amines) is 1. The third-order valence-corrected chi connectivity index (χ3v) is 5.33. The summed E-state index contributed by atoms with van der Waals surface area (Å²) in [7, 11) is 0. The highest BCUT2D eigenvalue weighted by atomic mass is 16.3. The Kier molecular flexibility index (Phi) is 4.72. The molecule has 2 saturated heterocycles. The van der Waals surface area contributed by atoms with Gasteiger partial charge in [0.1, 0.15) is 5.69 Å². The number of piperidine rings is 1. The van der Waals surface area contributed by atoms with Crippen molar-refractivity contribution in [2.24, 2.45) is 0 Å². The zero-order valence-corrected chi connectivity index (χ0v) is 14.9. The van der Waals surface area contributed by atoms with Crippen molar-refractivity contribution in [1.82, 2.24) is 19.9 Å². The third kappa shape index (κ3) is 3.70. The van der Waals surface area contributed by atoms with E-state index in [2.05, 4.69) is 44.4 Å². The maximum absolute atomic E-state index is 9.54. The topological polar surface area (TPSA) is 57.4 Å². The fraction of sp³-hybridized carbons (Fsp3) is 0.579. The Balaban J connectivity index is 1.28. The number of aliphatic hydroxyl groups excluding tert-OH is 1. The van der Waals surface area contributed by atoms with Crippen LogP contribution in [0.2, 0.25) is 0 Å². The molecule has 1 aromatic carbocycles. The molecule has 0 spiro atoms. The van der Waals surface area contributed by atoms with Crippen molar-refractivity contribution < 1.29 is 5.11 Å². The van der Waals surface area contributed by atoms with Crippen molar-refractivity contribution in [2.45, 2.75) is 44.9 Å². The fourth-order valence-corrected chi connectivity index (χ4v) is 3.72. The van der Waals surface area contributed by atoms with Crippen LogP contribution in [-0.2, 0) is 6.54 Å². The van der Waals surface area contributed by atoms with Gasteiger partial charge in [-0.15, -0.1) is 5.10 Å². The number of hydrogen-bond acceptors (Lipinski definition) is 5. The van der Waals surface area contributed by atoms with Gasteiger partial charge < -0.3 is 10.0 Å². The summed E-state index contributed by atoms with van der Waals surface area (Å²) in [6, 6.07) is 9.43. The van der Waals surface area contributed by atoms with E-state index < -0.39 is 6.10 Å². The molecule has 2 fully saturated rings. The molecule has 1 aromatic heterocycles. The van der Waals surface area contributed by atoms with Crippen LogP contribution in [0.1, 0.15) is 49.6 Å². The first kappa shape index (κ1) is 16.5. The lowest BCUT2D eigenvalue weighted by molar-refractivity contribution is 0.0895. The molecule has 1 atom stereocenters. The van der Waals surface area contributed by atoms with E-state index in [1.54, 1.807) is 6.92 Å². The molecule has 2 aliphatic rings. The normalized spacial score (nSPS) is 20.5. The minimum atomic E-state index is -0.552. The lowest BCUT2D eigenvalue weighted by atomic mass is 10.1. The molecule has 1 unspecified atom stereocenters. The van der Waals surface area contributed by atoms with Crippen LogP contribution in [0.5, 0.6) is 0 Å². The number of aliphatic hydroxyl groups is 1. The minimum absolute atomic E-state index is 0.368. The summed E-state index contributed by atoms with van der Waals surface area (Å²) in [5.41, 5.74) is 3.37. The molecule has 134 valence electrons. The van der Waals surface area contributed by atoms with Gasteiger partial charge in [0.05, 0.1) is 18.3 Å². The molecule has 0 amide bonds. The minimum Gasteiger partial charge on any atom is -0.387 e. The lowest BCUT2D eigenvalue weighted by Gasteiger charge is -2.39. The second kappa shape index (κ2) is 7.14. The largest absolute Gasteiger partial charge is 0.387 e. The van der Waals surface area contributed by atoms with Gasteiger partial charge in [-0.3, -0.25) is 4.90 Å². The molecule has 0 aliphatic carbocycles. The number of benzene rings is 1. The van der Waals surface area contributed by atoms with Crippen LogP contribution in [0.3, 0.4) is 0 Å². The number of anilines is 1. The van der Waals surface area contributed by atoms with E-state index in [0.717, 1.165) is 19.6 Å². The first-order valence-electron chi connectivity index (χ1n) is 9.35. The van der Waals surface area contributed by atoms with Crippen LogP contribution in [0, 0.1) is 0 Å². The van der Waals surface area contributed by atoms with Crippen molar-refractivity contribution >= 4 is 5.69 Å². The number of nitrogens with zero attached hydrogens (tertiary/aromatic N) is 5. The van der Waals surface area contributed by atoms with E-state index in [1.807, 2.05) is 10.9 Å². The van der Waals surface area contributed by atoms with Crippen LogP contribution < -0.4 is 4.90 Å². The standard InChI is InChI=1S/C19H27N5O/c1-15(25)19-14-24(21-20-19)18-12-22(13-18)11-16-5-7-17(8-6-16)23-9-3-2-4-10-23/h5-8,14-15,18,25H,2-4,9-13H2,1H3. The average molecular weight is 341 g/mol. The molecule has 1 N–H and O–H groups in total. The van der Waals surface area contributed by atoms with Crippen LogP contribution in [0.15, 0.2) is 30.5 Å². The van der Waals surface area contributed by atoms with E-state index in [0.29, 0.717) is 11.7 Å². The molecular weight excluding hydrogens is 314 g/mol. The van der Waals surface area contributed by atoms with Gasteiger partial charge in [0.15, 0.2) is 0 Å². The summed E-state index contributed by atoms with van der Waals surface area (Å²) in [4.78, 5) is 4.92. The fourth-order valence-electron chi connectivity index (χ4n) is 3.72. The van der Waals surface area contributed by atoms with Gasteiger partial charge in [-0.1, -0.05) is 17.3 Å². The second-order valence-corrected chi connectivity index (χ2v) is 7.36. The second-order valence-electron chi connectivity index (χ2n) is 7.36. The van der Waals surface area contributed by atoms with Crippen molar-refractivity contribution in [2.75, 3.05) is 31.1 Å². The molecule has 2 aromatic rings. The Labute approximate surface area is 149 Å². The highest BCUT2D eigenvalue weighted by Gasteiger charge is 2.29. The Morgan fingerprint density at radius 1 is 1.12 bits per heavy atom. The van der Waals surface area contributed by atoms with Crippen LogP contribution in [-0.4, -0.2) is 51.2 Å². The van der Waals surface area contributed by atoms with Crippen LogP contribution in [0.4, 0.5) is 5.69 Å². The molecule has 2 aliphatic heterocycles. The van der Waals surface area contributed by atoms with E-state index in [9.17, 15) is 5.11 Å². The summed E-state index contributed by atoms with van der Waals surface area (Å²) in [6.07, 6.45) is 5.31. The van der Waals surface area contributed by atoms with Gasteiger partial charge in [0.25, 0.3) is 0 Å².